The molecule has 2 aliphatic rings. The molecule has 7 nitrogen and oxygen atoms in total. The minimum atomic E-state index is -0.779. The van der Waals surface area contributed by atoms with Crippen LogP contribution in [0.5, 0.6) is 5.75 Å². The fraction of sp³-hybridized carbons (Fsp3) is 0.429. The predicted octanol–water partition coefficient (Wildman–Crippen LogP) is 3.59. The molecular formula is C28H33N3O4. The summed E-state index contributed by atoms with van der Waals surface area (Å²) >= 11 is 0. The first kappa shape index (κ1) is 23.7. The monoisotopic (exact) mass is 475 g/mol. The van der Waals surface area contributed by atoms with Crippen molar-refractivity contribution in [2.75, 3.05) is 26.7 Å². The second-order valence-electron chi connectivity index (χ2n) is 9.77. The van der Waals surface area contributed by atoms with Gasteiger partial charge in [-0.1, -0.05) is 30.3 Å². The number of nitrogens with one attached hydrogen (secondary N) is 1. The number of rotatable bonds is 8. The van der Waals surface area contributed by atoms with Crippen LogP contribution in [-0.2, 0) is 4.79 Å². The van der Waals surface area contributed by atoms with Crippen molar-refractivity contribution < 1.29 is 19.7 Å². The first-order valence-corrected chi connectivity index (χ1v) is 12.4. The molecule has 5 rings (SSSR count). The highest BCUT2D eigenvalue weighted by Crippen LogP contribution is 2.41. The van der Waals surface area contributed by atoms with Crippen LogP contribution >= 0.6 is 0 Å². The number of aromatic nitrogens is 1. The molecule has 1 saturated heterocycles. The van der Waals surface area contributed by atoms with E-state index in [1.54, 1.807) is 13.3 Å². The van der Waals surface area contributed by atoms with Gasteiger partial charge in [0, 0.05) is 36.8 Å². The second-order valence-corrected chi connectivity index (χ2v) is 9.77. The fourth-order valence-electron chi connectivity index (χ4n) is 5.62. The number of carbonyl (C=O) groups is 1. The van der Waals surface area contributed by atoms with E-state index >= 15 is 0 Å². The van der Waals surface area contributed by atoms with Crippen LogP contribution in [0.25, 0.3) is 10.9 Å². The summed E-state index contributed by atoms with van der Waals surface area (Å²) in [5.41, 5.74) is 2.92. The summed E-state index contributed by atoms with van der Waals surface area (Å²) in [6, 6.07) is 18.3. The molecule has 7 heteroatoms. The largest absolute Gasteiger partial charge is 0.497 e. The van der Waals surface area contributed by atoms with Crippen molar-refractivity contribution in [3.05, 3.63) is 71.9 Å². The number of likely N-dealkylation sites (tertiary alicyclic amines) is 1. The number of hydrogen-bond donors (Lipinski definition) is 3. The number of aliphatic hydroxyl groups excluding tert-OH is 1. The Balaban J connectivity index is 1.20. The predicted molar refractivity (Wildman–Crippen MR) is 135 cm³/mol. The van der Waals surface area contributed by atoms with E-state index < -0.39 is 18.0 Å². The van der Waals surface area contributed by atoms with E-state index in [9.17, 15) is 15.0 Å². The molecule has 184 valence electrons. The number of carboxylic acids is 1. The normalized spacial score (nSPS) is 25.7. The molecule has 1 saturated carbocycles. The van der Waals surface area contributed by atoms with Crippen molar-refractivity contribution in [2.45, 2.75) is 43.4 Å². The zero-order valence-corrected chi connectivity index (χ0v) is 20.0. The molecule has 0 radical (unpaired) electrons. The van der Waals surface area contributed by atoms with E-state index in [2.05, 4.69) is 39.5 Å². The molecule has 3 N–H and O–H groups in total. The summed E-state index contributed by atoms with van der Waals surface area (Å²) in [6.45, 7) is 1.70. The maximum absolute atomic E-state index is 12.1. The highest BCUT2D eigenvalue weighted by Gasteiger charge is 2.41. The molecule has 1 aromatic heterocycles. The molecule has 0 amide bonds. The Kier molecular flexibility index (Phi) is 7.00. The van der Waals surface area contributed by atoms with Gasteiger partial charge in [-0.05, 0) is 67.1 Å². The first-order valence-electron chi connectivity index (χ1n) is 12.4. The highest BCUT2D eigenvalue weighted by molar-refractivity contribution is 5.83. The minimum Gasteiger partial charge on any atom is -0.497 e. The smallest absolute Gasteiger partial charge is 0.309 e. The van der Waals surface area contributed by atoms with Gasteiger partial charge in [0.2, 0.25) is 0 Å². The average molecular weight is 476 g/mol. The third-order valence-electron chi connectivity index (χ3n) is 7.78. The Hall–Kier alpha value is -3.00. The lowest BCUT2D eigenvalue weighted by Gasteiger charge is -2.47. The maximum Gasteiger partial charge on any atom is 0.309 e. The van der Waals surface area contributed by atoms with Gasteiger partial charge in [-0.3, -0.25) is 14.7 Å². The third kappa shape index (κ3) is 5.03. The molecule has 2 unspecified atom stereocenters. The van der Waals surface area contributed by atoms with Gasteiger partial charge in [-0.25, -0.2) is 0 Å². The summed E-state index contributed by atoms with van der Waals surface area (Å²) in [5, 5.41) is 25.1. The lowest BCUT2D eigenvalue weighted by atomic mass is 9.74. The summed E-state index contributed by atoms with van der Waals surface area (Å²) in [6.07, 6.45) is 3.84. The number of aliphatic hydroxyl groups is 1. The fourth-order valence-corrected chi connectivity index (χ4v) is 5.62. The molecule has 1 aliphatic carbocycles. The van der Waals surface area contributed by atoms with Gasteiger partial charge >= 0.3 is 5.97 Å². The number of aliphatic carboxylic acids is 1. The Morgan fingerprint density at radius 3 is 2.74 bits per heavy atom. The Morgan fingerprint density at radius 1 is 1.20 bits per heavy atom. The molecule has 2 heterocycles. The second kappa shape index (κ2) is 10.3. The Morgan fingerprint density at radius 2 is 2.00 bits per heavy atom. The van der Waals surface area contributed by atoms with Crippen molar-refractivity contribution in [1.29, 1.82) is 0 Å². The number of ether oxygens (including phenoxy) is 1. The van der Waals surface area contributed by atoms with Crippen molar-refractivity contribution >= 4 is 16.9 Å². The molecule has 3 atom stereocenters. The standard InChI is InChI=1S/C28H33N3O4/c1-35-21-7-8-25-23(15-21)22(9-11-29-25)27(32)16-30-26-10-12-31(17-24(26)28(33)34)20-13-19(14-20)18-5-3-2-4-6-18/h2-9,11,15,19-20,24,26-27,30,32H,10,12-14,16-17H2,1H3,(H,33,34)/t19?,20?,24?,26?,27-/m0/s1. The van der Waals surface area contributed by atoms with Crippen molar-refractivity contribution in [3.63, 3.8) is 0 Å². The quantitative estimate of drug-likeness (QED) is 0.458. The van der Waals surface area contributed by atoms with E-state index in [4.69, 9.17) is 4.74 Å². The molecule has 2 aromatic carbocycles. The van der Waals surface area contributed by atoms with Gasteiger partial charge in [0.05, 0.1) is 24.6 Å². The number of nitrogens with zero attached hydrogens (tertiary/aromatic N) is 2. The van der Waals surface area contributed by atoms with Crippen LogP contribution in [0, 0.1) is 5.92 Å². The lowest BCUT2D eigenvalue weighted by Crippen LogP contribution is -2.57. The van der Waals surface area contributed by atoms with Crippen LogP contribution in [-0.4, -0.2) is 64.9 Å². The van der Waals surface area contributed by atoms with Gasteiger partial charge in [-0.2, -0.15) is 0 Å². The zero-order chi connectivity index (χ0) is 24.4. The van der Waals surface area contributed by atoms with Gasteiger partial charge in [0.15, 0.2) is 0 Å². The lowest BCUT2D eigenvalue weighted by molar-refractivity contribution is -0.145. The van der Waals surface area contributed by atoms with Gasteiger partial charge in [-0.15, -0.1) is 0 Å². The van der Waals surface area contributed by atoms with Crippen molar-refractivity contribution in [1.82, 2.24) is 15.2 Å². The Labute approximate surface area is 205 Å². The van der Waals surface area contributed by atoms with E-state index in [1.165, 1.54) is 5.56 Å². The van der Waals surface area contributed by atoms with E-state index in [0.717, 1.165) is 42.3 Å². The van der Waals surface area contributed by atoms with Gasteiger partial charge in [0.1, 0.15) is 5.75 Å². The van der Waals surface area contributed by atoms with Crippen molar-refractivity contribution in [3.8, 4) is 5.75 Å². The number of fused-ring (bicyclic) bond motifs is 1. The van der Waals surface area contributed by atoms with Gasteiger partial charge < -0.3 is 20.3 Å². The van der Waals surface area contributed by atoms with Crippen LogP contribution in [0.3, 0.4) is 0 Å². The average Bonchev–Trinajstić information content (AvgIpc) is 2.86. The minimum absolute atomic E-state index is 0.175. The first-order chi connectivity index (χ1) is 17.0. The van der Waals surface area contributed by atoms with Crippen molar-refractivity contribution in [2.24, 2.45) is 5.92 Å². The summed E-state index contributed by atoms with van der Waals surface area (Å²) < 4.78 is 5.33. The van der Waals surface area contributed by atoms with Crippen LogP contribution in [0.4, 0.5) is 0 Å². The molecule has 3 aromatic rings. The van der Waals surface area contributed by atoms with Gasteiger partial charge in [0.25, 0.3) is 0 Å². The number of piperidine rings is 1. The van der Waals surface area contributed by atoms with Crippen LogP contribution in [0.15, 0.2) is 60.8 Å². The molecular weight excluding hydrogens is 442 g/mol. The van der Waals surface area contributed by atoms with E-state index in [-0.39, 0.29) is 12.6 Å². The molecule has 35 heavy (non-hydrogen) atoms. The SMILES string of the molecule is COc1ccc2nccc([C@@H](O)CNC3CCN(C4CC(c5ccccc5)C4)CC3C(=O)O)c2c1. The number of carboxylic acid groups (broad SMARTS) is 1. The number of methoxy groups -OCH3 is 1. The number of hydrogen-bond acceptors (Lipinski definition) is 6. The summed E-state index contributed by atoms with van der Waals surface area (Å²) in [4.78, 5) is 18.9. The maximum atomic E-state index is 12.1. The number of pyridine rings is 1. The summed E-state index contributed by atoms with van der Waals surface area (Å²) in [7, 11) is 1.61. The number of benzene rings is 2. The van der Waals surface area contributed by atoms with Crippen LogP contribution < -0.4 is 10.1 Å². The zero-order valence-electron chi connectivity index (χ0n) is 20.0. The highest BCUT2D eigenvalue weighted by atomic mass is 16.5. The molecule has 1 aliphatic heterocycles. The molecule has 0 bridgehead atoms. The van der Waals surface area contributed by atoms with E-state index in [1.807, 2.05) is 30.3 Å². The Bertz CT molecular complexity index is 1170. The summed E-state index contributed by atoms with van der Waals surface area (Å²) in [5.74, 6) is 0.000673. The van der Waals surface area contributed by atoms with Crippen LogP contribution in [0.1, 0.15) is 42.4 Å². The van der Waals surface area contributed by atoms with Crippen LogP contribution in [0.2, 0.25) is 0 Å². The molecule has 0 spiro atoms. The third-order valence-corrected chi connectivity index (χ3v) is 7.78. The van der Waals surface area contributed by atoms with E-state index in [0.29, 0.717) is 24.3 Å². The topological polar surface area (TPSA) is 94.9 Å². The molecule has 2 fully saturated rings.